The lowest BCUT2D eigenvalue weighted by Gasteiger charge is -2.12. The average molecular weight is 618 g/mol. The minimum absolute atomic E-state index is 0.251. The molecule has 6 heteroatoms. The van der Waals surface area contributed by atoms with E-state index in [1.807, 2.05) is 11.3 Å². The van der Waals surface area contributed by atoms with Crippen LogP contribution in [0.2, 0.25) is 5.28 Å². The summed E-state index contributed by atoms with van der Waals surface area (Å²) in [6.45, 7) is 0. The third-order valence-corrected chi connectivity index (χ3v) is 11.2. The van der Waals surface area contributed by atoms with Crippen molar-refractivity contribution in [3.8, 4) is 16.9 Å². The number of aromatic nitrogens is 3. The van der Waals surface area contributed by atoms with Crippen LogP contribution in [0, 0.1) is 0 Å². The number of nitrogens with zero attached hydrogens (tertiary/aromatic N) is 3. The Bertz CT molecular complexity index is 2790. The summed E-state index contributed by atoms with van der Waals surface area (Å²) in [5, 5.41) is 9.87. The lowest BCUT2D eigenvalue weighted by molar-refractivity contribution is 1.08. The molecule has 0 atom stereocenters. The predicted molar refractivity (Wildman–Crippen MR) is 190 cm³/mol. The molecule has 0 N–H and O–H groups in total. The Balaban J connectivity index is 1.51. The molecule has 0 aliphatic heterocycles. The number of hydrogen-bond donors (Lipinski definition) is 0. The summed E-state index contributed by atoms with van der Waals surface area (Å²) in [7, 11) is 0. The molecule has 0 spiro atoms. The lowest BCUT2D eigenvalue weighted by atomic mass is 9.98. The summed E-state index contributed by atoms with van der Waals surface area (Å²) in [4.78, 5) is 10.6. The topological polar surface area (TPSA) is 30.7 Å². The van der Waals surface area contributed by atoms with Gasteiger partial charge in [0.25, 0.3) is 0 Å². The summed E-state index contributed by atoms with van der Waals surface area (Å²) in [6, 6.07) is 43.5. The van der Waals surface area contributed by atoms with Crippen molar-refractivity contribution in [2.24, 2.45) is 0 Å². The molecule has 0 radical (unpaired) electrons. The molecule has 0 unspecified atom stereocenters. The van der Waals surface area contributed by atoms with Gasteiger partial charge in [-0.3, -0.25) is 4.57 Å². The highest BCUT2D eigenvalue weighted by Gasteiger charge is 2.25. The second-order valence-electron chi connectivity index (χ2n) is 11.1. The maximum atomic E-state index is 6.72. The second-order valence-corrected chi connectivity index (χ2v) is 13.5. The van der Waals surface area contributed by atoms with E-state index in [0.29, 0.717) is 0 Å². The molecule has 6 aromatic carbocycles. The van der Waals surface area contributed by atoms with Crippen LogP contribution in [0.3, 0.4) is 0 Å². The van der Waals surface area contributed by atoms with Gasteiger partial charge in [-0.2, -0.15) is 4.98 Å². The fourth-order valence-corrected chi connectivity index (χ4v) is 9.48. The van der Waals surface area contributed by atoms with Gasteiger partial charge in [0.05, 0.1) is 16.4 Å². The fourth-order valence-electron chi connectivity index (χ4n) is 6.94. The van der Waals surface area contributed by atoms with Gasteiger partial charge in [-0.25, -0.2) is 4.98 Å². The average Bonchev–Trinajstić information content (AvgIpc) is 3.74. The van der Waals surface area contributed by atoms with E-state index in [2.05, 4.69) is 126 Å². The van der Waals surface area contributed by atoms with Gasteiger partial charge in [-0.05, 0) is 47.0 Å². The molecule has 4 aromatic heterocycles. The third kappa shape index (κ3) is 3.32. The number of fused-ring (bicyclic) bond motifs is 13. The zero-order valence-electron chi connectivity index (χ0n) is 23.1. The fraction of sp³-hybridized carbons (Fsp3) is 0. The van der Waals surface area contributed by atoms with Crippen molar-refractivity contribution in [1.82, 2.24) is 14.5 Å². The summed E-state index contributed by atoms with van der Waals surface area (Å²) < 4.78 is 6.12. The molecular formula is C38H20ClN3S2. The summed E-state index contributed by atoms with van der Waals surface area (Å²) in [5.41, 5.74) is 4.62. The maximum Gasteiger partial charge on any atom is 0.225 e. The number of halogens is 1. The van der Waals surface area contributed by atoms with Crippen molar-refractivity contribution in [1.29, 1.82) is 0 Å². The Morgan fingerprint density at radius 3 is 1.98 bits per heavy atom. The van der Waals surface area contributed by atoms with Crippen molar-refractivity contribution in [2.45, 2.75) is 0 Å². The number of thiophene rings is 2. The SMILES string of the molecule is Clc1nc(-n2c3ccc(-c4ccccc4)cc3c3c4c5ccccc5sc4c4ccccc4c32)c2c(n1)sc1ccccc12. The van der Waals surface area contributed by atoms with E-state index in [9.17, 15) is 0 Å². The van der Waals surface area contributed by atoms with Crippen molar-refractivity contribution in [2.75, 3.05) is 0 Å². The lowest BCUT2D eigenvalue weighted by Crippen LogP contribution is -2.00. The molecule has 0 bridgehead atoms. The van der Waals surface area contributed by atoms with Crippen molar-refractivity contribution >= 4 is 107 Å². The molecule has 3 nitrogen and oxygen atoms in total. The summed E-state index contributed by atoms with van der Waals surface area (Å²) >= 11 is 10.3. The maximum absolute atomic E-state index is 6.72. The van der Waals surface area contributed by atoms with E-state index in [0.717, 1.165) is 32.5 Å². The Kier molecular flexibility index (Phi) is 5.09. The van der Waals surface area contributed by atoms with Gasteiger partial charge < -0.3 is 0 Å². The zero-order valence-corrected chi connectivity index (χ0v) is 25.5. The smallest absolute Gasteiger partial charge is 0.225 e. The highest BCUT2D eigenvalue weighted by Crippen LogP contribution is 2.49. The second kappa shape index (κ2) is 9.10. The first-order chi connectivity index (χ1) is 21.7. The normalized spacial score (nSPS) is 12.2. The number of rotatable bonds is 2. The van der Waals surface area contributed by atoms with Crippen LogP contribution in [0.4, 0.5) is 0 Å². The van der Waals surface area contributed by atoms with Gasteiger partial charge in [-0.1, -0.05) is 97.1 Å². The predicted octanol–water partition coefficient (Wildman–Crippen LogP) is 11.8. The van der Waals surface area contributed by atoms with E-state index in [1.54, 1.807) is 11.3 Å². The van der Waals surface area contributed by atoms with Crippen LogP contribution in [0.15, 0.2) is 121 Å². The van der Waals surface area contributed by atoms with Crippen molar-refractivity contribution < 1.29 is 0 Å². The Morgan fingerprint density at radius 1 is 0.523 bits per heavy atom. The van der Waals surface area contributed by atoms with E-state index in [4.69, 9.17) is 21.6 Å². The molecule has 206 valence electrons. The van der Waals surface area contributed by atoms with Crippen molar-refractivity contribution in [3.63, 3.8) is 0 Å². The van der Waals surface area contributed by atoms with Crippen LogP contribution in [0.5, 0.6) is 0 Å². The van der Waals surface area contributed by atoms with Gasteiger partial charge in [0.1, 0.15) is 4.83 Å². The molecule has 4 heterocycles. The molecule has 10 rings (SSSR count). The van der Waals surface area contributed by atoms with Crippen LogP contribution >= 0.6 is 34.3 Å². The minimum atomic E-state index is 0.251. The Labute approximate surface area is 264 Å². The molecule has 44 heavy (non-hydrogen) atoms. The van der Waals surface area contributed by atoms with Crippen LogP contribution in [-0.2, 0) is 0 Å². The quantitative estimate of drug-likeness (QED) is 0.181. The van der Waals surface area contributed by atoms with E-state index < -0.39 is 0 Å². The summed E-state index contributed by atoms with van der Waals surface area (Å²) in [5.74, 6) is 0.814. The highest BCUT2D eigenvalue weighted by atomic mass is 35.5. The van der Waals surface area contributed by atoms with Gasteiger partial charge in [-0.15, -0.1) is 22.7 Å². The van der Waals surface area contributed by atoms with Gasteiger partial charge >= 0.3 is 0 Å². The largest absolute Gasteiger partial charge is 0.292 e. The Morgan fingerprint density at radius 2 is 1.18 bits per heavy atom. The number of hydrogen-bond acceptors (Lipinski definition) is 4. The van der Waals surface area contributed by atoms with Crippen LogP contribution in [0.1, 0.15) is 0 Å². The molecule has 10 aromatic rings. The first kappa shape index (κ1) is 24.6. The third-order valence-electron chi connectivity index (χ3n) is 8.75. The molecule has 0 amide bonds. The molecule has 0 aliphatic carbocycles. The van der Waals surface area contributed by atoms with Gasteiger partial charge in [0.15, 0.2) is 5.82 Å². The highest BCUT2D eigenvalue weighted by molar-refractivity contribution is 7.27. The zero-order chi connectivity index (χ0) is 28.9. The molecule has 0 aliphatic rings. The number of benzene rings is 6. The molecule has 0 saturated carbocycles. The summed E-state index contributed by atoms with van der Waals surface area (Å²) in [6.07, 6.45) is 0. The molecule has 0 fully saturated rings. The van der Waals surface area contributed by atoms with Crippen molar-refractivity contribution in [3.05, 3.63) is 127 Å². The van der Waals surface area contributed by atoms with Crippen LogP contribution < -0.4 is 0 Å². The molecular weight excluding hydrogens is 598 g/mol. The Hall–Kier alpha value is -4.81. The van der Waals surface area contributed by atoms with Gasteiger partial charge in [0.2, 0.25) is 5.28 Å². The van der Waals surface area contributed by atoms with E-state index in [-0.39, 0.29) is 5.28 Å². The van der Waals surface area contributed by atoms with Crippen LogP contribution in [-0.4, -0.2) is 14.5 Å². The standard InChI is InChI=1S/C38H20ClN3S2/c39-38-40-36(33-26-15-7-9-17-30(26)44-37(33)41-38)42-28-19-18-22(21-10-2-1-3-11-21)20-27(28)31-32-25-14-6-8-16-29(25)43-35(32)24-13-5-4-12-23(24)34(31)42/h1-20H. The van der Waals surface area contributed by atoms with Gasteiger partial charge in [0, 0.05) is 51.8 Å². The molecule has 0 saturated heterocycles. The first-order valence-corrected chi connectivity index (χ1v) is 16.5. The van der Waals surface area contributed by atoms with E-state index >= 15 is 0 Å². The first-order valence-electron chi connectivity index (χ1n) is 14.5. The van der Waals surface area contributed by atoms with Crippen LogP contribution in [0.25, 0.3) is 90.0 Å². The van der Waals surface area contributed by atoms with E-state index in [1.165, 1.54) is 57.5 Å². The minimum Gasteiger partial charge on any atom is -0.292 e. The monoisotopic (exact) mass is 617 g/mol.